The first-order valence-corrected chi connectivity index (χ1v) is 5.56. The molecular formula is C13H21NO. The van der Waals surface area contributed by atoms with Crippen molar-refractivity contribution in [1.82, 2.24) is 0 Å². The minimum absolute atomic E-state index is 0.120. The monoisotopic (exact) mass is 207 g/mol. The van der Waals surface area contributed by atoms with Crippen molar-refractivity contribution in [2.24, 2.45) is 11.7 Å². The molecule has 0 saturated carbocycles. The summed E-state index contributed by atoms with van der Waals surface area (Å²) in [5, 5.41) is 10.5. The zero-order chi connectivity index (χ0) is 11.5. The van der Waals surface area contributed by atoms with Crippen LogP contribution in [0.5, 0.6) is 0 Å². The predicted octanol–water partition coefficient (Wildman–Crippen LogP) is 2.05. The molecule has 0 heterocycles. The number of benzene rings is 1. The molecule has 84 valence electrons. The van der Waals surface area contributed by atoms with Crippen molar-refractivity contribution in [1.29, 1.82) is 0 Å². The molecule has 0 aliphatic carbocycles. The van der Waals surface area contributed by atoms with Gasteiger partial charge in [-0.25, -0.2) is 0 Å². The standard InChI is InChI=1S/C13H21NO/c1-4-11-6-5-7-12(8-11)13(15,9-14)10(2)3/h5-8,10,15H,4,9,14H2,1-3H3. The maximum Gasteiger partial charge on any atom is 0.104 e. The van der Waals surface area contributed by atoms with Gasteiger partial charge in [0.25, 0.3) is 0 Å². The zero-order valence-electron chi connectivity index (χ0n) is 9.83. The van der Waals surface area contributed by atoms with Crippen LogP contribution in [0.4, 0.5) is 0 Å². The third kappa shape index (κ3) is 2.39. The van der Waals surface area contributed by atoms with Crippen molar-refractivity contribution < 1.29 is 5.11 Å². The molecule has 1 aromatic carbocycles. The van der Waals surface area contributed by atoms with Crippen LogP contribution in [0.25, 0.3) is 0 Å². The molecule has 0 radical (unpaired) electrons. The molecule has 3 N–H and O–H groups in total. The van der Waals surface area contributed by atoms with E-state index in [-0.39, 0.29) is 12.5 Å². The van der Waals surface area contributed by atoms with Gasteiger partial charge in [-0.2, -0.15) is 0 Å². The average molecular weight is 207 g/mol. The van der Waals surface area contributed by atoms with E-state index in [4.69, 9.17) is 5.73 Å². The summed E-state index contributed by atoms with van der Waals surface area (Å²) in [5.41, 5.74) is 6.95. The molecule has 1 atom stereocenters. The first-order chi connectivity index (χ1) is 7.04. The van der Waals surface area contributed by atoms with Crippen molar-refractivity contribution in [2.75, 3.05) is 6.54 Å². The van der Waals surface area contributed by atoms with Gasteiger partial charge in [0.05, 0.1) is 0 Å². The molecule has 0 aliphatic rings. The lowest BCUT2D eigenvalue weighted by Crippen LogP contribution is -2.39. The Balaban J connectivity index is 3.12. The van der Waals surface area contributed by atoms with Crippen LogP contribution in [0.3, 0.4) is 0 Å². The number of hydrogen-bond donors (Lipinski definition) is 2. The molecular weight excluding hydrogens is 186 g/mol. The molecule has 0 fully saturated rings. The maximum atomic E-state index is 10.5. The highest BCUT2D eigenvalue weighted by molar-refractivity contribution is 5.29. The highest BCUT2D eigenvalue weighted by Crippen LogP contribution is 2.28. The Kier molecular flexibility index (Phi) is 3.89. The van der Waals surface area contributed by atoms with E-state index in [1.54, 1.807) is 0 Å². The molecule has 0 bridgehead atoms. The third-order valence-corrected chi connectivity index (χ3v) is 3.10. The van der Waals surface area contributed by atoms with Crippen molar-refractivity contribution in [3.05, 3.63) is 35.4 Å². The van der Waals surface area contributed by atoms with Gasteiger partial charge in [0, 0.05) is 6.54 Å². The van der Waals surface area contributed by atoms with Crippen molar-refractivity contribution in [3.8, 4) is 0 Å². The van der Waals surface area contributed by atoms with Crippen LogP contribution in [0.1, 0.15) is 31.9 Å². The lowest BCUT2D eigenvalue weighted by Gasteiger charge is -2.31. The van der Waals surface area contributed by atoms with Crippen LogP contribution in [-0.4, -0.2) is 11.7 Å². The molecule has 0 amide bonds. The topological polar surface area (TPSA) is 46.2 Å². The van der Waals surface area contributed by atoms with E-state index in [1.165, 1.54) is 5.56 Å². The number of nitrogens with two attached hydrogens (primary N) is 1. The Bertz CT molecular complexity index is 322. The summed E-state index contributed by atoms with van der Waals surface area (Å²) in [6.07, 6.45) is 0.979. The highest BCUT2D eigenvalue weighted by atomic mass is 16.3. The van der Waals surface area contributed by atoms with E-state index >= 15 is 0 Å². The number of hydrogen-bond acceptors (Lipinski definition) is 2. The maximum absolute atomic E-state index is 10.5. The van der Waals surface area contributed by atoms with Crippen LogP contribution in [0, 0.1) is 5.92 Å². The Labute approximate surface area is 92.1 Å². The Morgan fingerprint density at radius 1 is 1.40 bits per heavy atom. The summed E-state index contributed by atoms with van der Waals surface area (Å²) in [6.45, 7) is 6.35. The summed E-state index contributed by atoms with van der Waals surface area (Å²) in [5.74, 6) is 0.120. The van der Waals surface area contributed by atoms with Crippen LogP contribution in [0.2, 0.25) is 0 Å². The fourth-order valence-corrected chi connectivity index (χ4v) is 1.75. The molecule has 0 aliphatic heterocycles. The number of rotatable bonds is 4. The largest absolute Gasteiger partial charge is 0.384 e. The first-order valence-electron chi connectivity index (χ1n) is 5.56. The smallest absolute Gasteiger partial charge is 0.104 e. The lowest BCUT2D eigenvalue weighted by atomic mass is 9.83. The van der Waals surface area contributed by atoms with Crippen LogP contribution in [-0.2, 0) is 12.0 Å². The quantitative estimate of drug-likeness (QED) is 0.793. The van der Waals surface area contributed by atoms with Gasteiger partial charge in [-0.15, -0.1) is 0 Å². The molecule has 0 aromatic heterocycles. The zero-order valence-corrected chi connectivity index (χ0v) is 9.83. The molecule has 0 saturated heterocycles. The summed E-state index contributed by atoms with van der Waals surface area (Å²) in [6, 6.07) is 8.05. The van der Waals surface area contributed by atoms with Gasteiger partial charge in [0.1, 0.15) is 5.60 Å². The molecule has 2 nitrogen and oxygen atoms in total. The Morgan fingerprint density at radius 3 is 2.53 bits per heavy atom. The fraction of sp³-hybridized carbons (Fsp3) is 0.538. The average Bonchev–Trinajstić information content (AvgIpc) is 2.27. The predicted molar refractivity (Wildman–Crippen MR) is 63.6 cm³/mol. The summed E-state index contributed by atoms with van der Waals surface area (Å²) < 4.78 is 0. The second-order valence-electron chi connectivity index (χ2n) is 4.34. The second kappa shape index (κ2) is 4.77. The molecule has 0 spiro atoms. The lowest BCUT2D eigenvalue weighted by molar-refractivity contribution is -0.00119. The van der Waals surface area contributed by atoms with Gasteiger partial charge in [0.15, 0.2) is 0 Å². The van der Waals surface area contributed by atoms with Gasteiger partial charge in [-0.05, 0) is 23.5 Å². The Hall–Kier alpha value is -0.860. The molecule has 1 aromatic rings. The van der Waals surface area contributed by atoms with Gasteiger partial charge >= 0.3 is 0 Å². The molecule has 1 rings (SSSR count). The van der Waals surface area contributed by atoms with E-state index in [0.29, 0.717) is 0 Å². The van der Waals surface area contributed by atoms with Crippen molar-refractivity contribution >= 4 is 0 Å². The number of aliphatic hydroxyl groups is 1. The first kappa shape index (κ1) is 12.2. The second-order valence-corrected chi connectivity index (χ2v) is 4.34. The summed E-state index contributed by atoms with van der Waals surface area (Å²) >= 11 is 0. The van der Waals surface area contributed by atoms with Gasteiger partial charge in [-0.1, -0.05) is 45.0 Å². The van der Waals surface area contributed by atoms with Gasteiger partial charge in [0.2, 0.25) is 0 Å². The minimum Gasteiger partial charge on any atom is -0.384 e. The summed E-state index contributed by atoms with van der Waals surface area (Å²) in [4.78, 5) is 0. The normalized spacial score (nSPS) is 15.3. The van der Waals surface area contributed by atoms with Crippen LogP contribution in [0.15, 0.2) is 24.3 Å². The highest BCUT2D eigenvalue weighted by Gasteiger charge is 2.31. The van der Waals surface area contributed by atoms with Gasteiger partial charge in [-0.3, -0.25) is 0 Å². The molecule has 15 heavy (non-hydrogen) atoms. The van der Waals surface area contributed by atoms with Gasteiger partial charge < -0.3 is 10.8 Å². The van der Waals surface area contributed by atoms with E-state index in [1.807, 2.05) is 32.0 Å². The number of aryl methyl sites for hydroxylation is 1. The van der Waals surface area contributed by atoms with E-state index in [2.05, 4.69) is 13.0 Å². The van der Waals surface area contributed by atoms with Crippen molar-refractivity contribution in [2.45, 2.75) is 32.8 Å². The van der Waals surface area contributed by atoms with Crippen LogP contribution >= 0.6 is 0 Å². The molecule has 1 unspecified atom stereocenters. The van der Waals surface area contributed by atoms with E-state index in [9.17, 15) is 5.11 Å². The fourth-order valence-electron chi connectivity index (χ4n) is 1.75. The molecule has 2 heteroatoms. The third-order valence-electron chi connectivity index (χ3n) is 3.10. The van der Waals surface area contributed by atoms with Crippen LogP contribution < -0.4 is 5.73 Å². The minimum atomic E-state index is -0.898. The van der Waals surface area contributed by atoms with E-state index in [0.717, 1.165) is 12.0 Å². The summed E-state index contributed by atoms with van der Waals surface area (Å²) in [7, 11) is 0. The van der Waals surface area contributed by atoms with E-state index < -0.39 is 5.60 Å². The van der Waals surface area contributed by atoms with Crippen molar-refractivity contribution in [3.63, 3.8) is 0 Å². The Morgan fingerprint density at radius 2 is 2.07 bits per heavy atom. The SMILES string of the molecule is CCc1cccc(C(O)(CN)C(C)C)c1.